The van der Waals surface area contributed by atoms with Crippen LogP contribution in [0.15, 0.2) is 85.5 Å². The largest absolute Gasteiger partial charge is 0.508 e. The van der Waals surface area contributed by atoms with E-state index in [0.29, 0.717) is 68.4 Å². The number of likely N-dealkylation sites (tertiary alicyclic amines) is 1. The van der Waals surface area contributed by atoms with Gasteiger partial charge in [-0.05, 0) is 91.7 Å². The summed E-state index contributed by atoms with van der Waals surface area (Å²) in [5.41, 5.74) is 3.69. The van der Waals surface area contributed by atoms with Crippen molar-refractivity contribution in [3.8, 4) is 40.7 Å². The molecule has 20 nitrogen and oxygen atoms in total. The minimum Gasteiger partial charge on any atom is -0.508 e. The number of ether oxygens (including phenoxy) is 1. The molecule has 4 aromatic carbocycles. The Labute approximate surface area is 475 Å². The van der Waals surface area contributed by atoms with Crippen molar-refractivity contribution in [3.63, 3.8) is 0 Å². The molecule has 0 aliphatic carbocycles. The van der Waals surface area contributed by atoms with Crippen molar-refractivity contribution in [2.75, 3.05) is 82.4 Å². The van der Waals surface area contributed by atoms with Crippen molar-refractivity contribution in [1.29, 1.82) is 5.26 Å². The molecule has 0 radical (unpaired) electrons. The molecule has 2 aromatic heterocycles. The van der Waals surface area contributed by atoms with Gasteiger partial charge in [-0.2, -0.15) is 28.4 Å². The highest BCUT2D eigenvalue weighted by atomic mass is 35.5. The minimum absolute atomic E-state index is 0.0505. The number of hydrogen-bond acceptors (Lipinski definition) is 15. The molecule has 0 spiro atoms. The van der Waals surface area contributed by atoms with E-state index in [1.807, 2.05) is 61.4 Å². The highest BCUT2D eigenvalue weighted by molar-refractivity contribution is 6.36. The number of nitriles is 1. The average Bonchev–Trinajstić information content (AvgIpc) is 3.42. The Morgan fingerprint density at radius 3 is 2.34 bits per heavy atom. The lowest BCUT2D eigenvalue weighted by Gasteiger charge is -2.42. The van der Waals surface area contributed by atoms with Crippen LogP contribution in [0.4, 0.5) is 24.7 Å². The third-order valence-corrected chi connectivity index (χ3v) is 16.2. The number of phenolic OH excluding ortho intramolecular Hbond substituents is 2. The quantitative estimate of drug-likeness (QED) is 0.0946. The smallest absolute Gasteiger partial charge is 0.405 e. The lowest BCUT2D eigenvalue weighted by Crippen LogP contribution is -2.55. The summed E-state index contributed by atoms with van der Waals surface area (Å²) < 4.78 is 47.1. The van der Waals surface area contributed by atoms with Crippen LogP contribution < -0.4 is 19.9 Å². The molecule has 24 heteroatoms. The number of nitrogens with one attached hydrogen (secondary N) is 1. The zero-order valence-corrected chi connectivity index (χ0v) is 46.2. The van der Waals surface area contributed by atoms with Crippen LogP contribution in [0.1, 0.15) is 76.8 Å². The van der Waals surface area contributed by atoms with Crippen LogP contribution >= 0.6 is 11.6 Å². The molecule has 4 aliphatic rings. The molecule has 6 aromatic rings. The third kappa shape index (κ3) is 11.5. The standard InChI is InChI=1S/C58H61ClF3N13O7/c1-5-49(78)74-27-26-73(30-38(74)18-20-63)51-40-19-21-72(45-11-7-9-35-8-6-10-43(59)50(35)45)31-44(40)65-57(66-51)82-32-39-16-17-46(69(39)4)56(81)71-24-22-70(23-25-71)55(80)36-12-14-37(15-13-36)75-52(42-28-41(34(2)3)47(76)29-48(42)77)67-68-53(75)54(79)64-33-58(60,61)62/h5-15,28-29,34,38-39,46,76-77H,1,16-19,21-27,30-33H2,2-4H3,(H,64,79)/t38-,39-,46+/m0/s1. The maximum Gasteiger partial charge on any atom is 0.405 e. The van der Waals surface area contributed by atoms with Crippen molar-refractivity contribution in [2.24, 2.45) is 0 Å². The number of aromatic hydroxyl groups is 2. The van der Waals surface area contributed by atoms with E-state index in [1.165, 1.54) is 41.0 Å². The Hall–Kier alpha value is -8.49. The number of aromatic nitrogens is 5. The summed E-state index contributed by atoms with van der Waals surface area (Å²) in [5, 5.41) is 43.6. The summed E-state index contributed by atoms with van der Waals surface area (Å²) in [6, 6.07) is 21.9. The summed E-state index contributed by atoms with van der Waals surface area (Å²) >= 11 is 6.80. The molecule has 3 saturated heterocycles. The predicted molar refractivity (Wildman–Crippen MR) is 299 cm³/mol. The number of halogens is 4. The van der Waals surface area contributed by atoms with E-state index >= 15 is 0 Å². The zero-order chi connectivity index (χ0) is 58.1. The fourth-order valence-corrected chi connectivity index (χ4v) is 11.8. The first-order valence-corrected chi connectivity index (χ1v) is 27.5. The van der Waals surface area contributed by atoms with Crippen molar-refractivity contribution in [3.05, 3.63) is 119 Å². The normalized spacial score (nSPS) is 18.6. The lowest BCUT2D eigenvalue weighted by molar-refractivity contribution is -0.137. The maximum atomic E-state index is 14.2. The average molecular weight is 1140 g/mol. The summed E-state index contributed by atoms with van der Waals surface area (Å²) in [6.45, 7) is 9.26. The Morgan fingerprint density at radius 2 is 1.63 bits per heavy atom. The number of piperazine rings is 2. The van der Waals surface area contributed by atoms with Gasteiger partial charge in [0.25, 0.3) is 11.8 Å². The molecular formula is C58H61ClF3N13O7. The second kappa shape index (κ2) is 23.5. The predicted octanol–water partition coefficient (Wildman–Crippen LogP) is 6.86. The molecule has 0 bridgehead atoms. The summed E-state index contributed by atoms with van der Waals surface area (Å²) in [5.74, 6) is -2.55. The molecule has 82 heavy (non-hydrogen) atoms. The van der Waals surface area contributed by atoms with E-state index < -0.39 is 36.2 Å². The van der Waals surface area contributed by atoms with E-state index in [2.05, 4.69) is 38.7 Å². The molecule has 0 saturated carbocycles. The van der Waals surface area contributed by atoms with E-state index in [-0.39, 0.29) is 109 Å². The summed E-state index contributed by atoms with van der Waals surface area (Å²) in [4.78, 5) is 75.7. The van der Waals surface area contributed by atoms with E-state index in [4.69, 9.17) is 26.3 Å². The van der Waals surface area contributed by atoms with Crippen LogP contribution in [0.2, 0.25) is 5.02 Å². The first-order chi connectivity index (χ1) is 39.3. The Kier molecular flexibility index (Phi) is 16.3. The number of alkyl halides is 3. The van der Waals surface area contributed by atoms with Gasteiger partial charge in [-0.25, -0.2) is 0 Å². The monoisotopic (exact) mass is 1140 g/mol. The molecule has 3 atom stereocenters. The Morgan fingerprint density at radius 1 is 0.902 bits per heavy atom. The van der Waals surface area contributed by atoms with Crippen LogP contribution in [-0.4, -0.2) is 175 Å². The van der Waals surface area contributed by atoms with Gasteiger partial charge in [0.2, 0.25) is 17.6 Å². The Balaban J connectivity index is 0.805. The number of carbonyl (C=O) groups is 4. The van der Waals surface area contributed by atoms with E-state index in [9.17, 15) is 47.8 Å². The van der Waals surface area contributed by atoms with Gasteiger partial charge in [0.1, 0.15) is 30.5 Å². The zero-order valence-electron chi connectivity index (χ0n) is 45.4. The molecule has 0 unspecified atom stereocenters. The first kappa shape index (κ1) is 56.8. The van der Waals surface area contributed by atoms with Gasteiger partial charge in [0.15, 0.2) is 5.82 Å². The first-order valence-electron chi connectivity index (χ1n) is 27.1. The molecule has 4 amide bonds. The number of rotatable bonds is 14. The van der Waals surface area contributed by atoms with Crippen molar-refractivity contribution < 1.29 is 47.3 Å². The molecule has 4 aliphatic heterocycles. The van der Waals surface area contributed by atoms with Crippen molar-refractivity contribution in [1.82, 2.24) is 49.6 Å². The number of carbonyl (C=O) groups excluding carboxylic acids is 4. The highest BCUT2D eigenvalue weighted by Crippen LogP contribution is 2.40. The van der Waals surface area contributed by atoms with Crippen molar-refractivity contribution in [2.45, 2.75) is 76.3 Å². The van der Waals surface area contributed by atoms with Gasteiger partial charge in [-0.15, -0.1) is 10.2 Å². The number of nitrogens with zero attached hydrogens (tertiary/aromatic N) is 12. The van der Waals surface area contributed by atoms with Crippen molar-refractivity contribution >= 4 is 57.5 Å². The molecule has 3 fully saturated rings. The topological polar surface area (TPSA) is 230 Å². The number of benzene rings is 4. The maximum absolute atomic E-state index is 14.2. The number of amides is 4. The van der Waals surface area contributed by atoms with Crippen LogP contribution in [0.3, 0.4) is 0 Å². The number of hydrogen-bond donors (Lipinski definition) is 3. The van der Waals surface area contributed by atoms with Gasteiger partial charge in [0, 0.05) is 92.4 Å². The van der Waals surface area contributed by atoms with Crippen LogP contribution in [-0.2, 0) is 22.6 Å². The number of likely N-dealkylation sites (N-methyl/N-ethyl adjacent to an activating group) is 1. The lowest BCUT2D eigenvalue weighted by atomic mass is 9.98. The highest BCUT2D eigenvalue weighted by Gasteiger charge is 2.40. The minimum atomic E-state index is -4.72. The van der Waals surface area contributed by atoms with Gasteiger partial charge in [-0.3, -0.25) is 28.6 Å². The van der Waals surface area contributed by atoms with Gasteiger partial charge in [0.05, 0.1) is 47.4 Å². The second-order valence-electron chi connectivity index (χ2n) is 21.2. The fraction of sp³-hybridized carbons (Fsp3) is 0.397. The molecule has 10 rings (SSSR count). The number of phenols is 2. The Bertz CT molecular complexity index is 3490. The van der Waals surface area contributed by atoms with E-state index in [1.54, 1.807) is 14.7 Å². The van der Waals surface area contributed by atoms with Gasteiger partial charge < -0.3 is 44.8 Å². The molecule has 6 heterocycles. The van der Waals surface area contributed by atoms with Crippen LogP contribution in [0, 0.1) is 11.3 Å². The summed E-state index contributed by atoms with van der Waals surface area (Å²) in [7, 11) is 1.90. The van der Waals surface area contributed by atoms with Crippen LogP contribution in [0.5, 0.6) is 17.5 Å². The van der Waals surface area contributed by atoms with Gasteiger partial charge >= 0.3 is 12.2 Å². The van der Waals surface area contributed by atoms with Crippen LogP contribution in [0.25, 0.3) is 27.8 Å². The molecule has 3 N–H and O–H groups in total. The number of anilines is 2. The summed E-state index contributed by atoms with van der Waals surface area (Å²) in [6.07, 6.45) is -1.44. The fourth-order valence-electron chi connectivity index (χ4n) is 11.5. The molecule has 428 valence electrons. The number of fused-ring (bicyclic) bond motifs is 2. The second-order valence-corrected chi connectivity index (χ2v) is 21.6. The van der Waals surface area contributed by atoms with E-state index in [0.717, 1.165) is 33.8 Å². The van der Waals surface area contributed by atoms with Gasteiger partial charge in [-0.1, -0.05) is 56.3 Å². The molecular weight excluding hydrogens is 1080 g/mol. The SMILES string of the molecule is C=CC(=O)N1CCN(c2nc(OC[C@@H]3CC[C@H](C(=O)N4CCN(C(=O)c5ccc(-n6c(C(=O)NCC(F)(F)F)nnc6-c6cc(C(C)C)c(O)cc6O)cc5)CC4)N3C)nc3c2CCN(c2cccc4cccc(Cl)c24)C3)C[C@@H]1CC#N. The third-order valence-electron chi connectivity index (χ3n) is 15.9.